The molecule has 186 valence electrons. The fraction of sp³-hybridized carbons (Fsp3) is 0.391. The van der Waals surface area contributed by atoms with Gasteiger partial charge in [0.25, 0.3) is 0 Å². The molecule has 0 fully saturated rings. The third kappa shape index (κ3) is 7.77. The lowest BCUT2D eigenvalue weighted by atomic mass is 10.1. The van der Waals surface area contributed by atoms with Crippen LogP contribution in [0.2, 0.25) is 15.1 Å². The minimum atomic E-state index is -3.84. The van der Waals surface area contributed by atoms with Crippen molar-refractivity contribution >= 4 is 62.3 Å². The van der Waals surface area contributed by atoms with Crippen molar-refractivity contribution in [2.45, 2.75) is 45.8 Å². The highest BCUT2D eigenvalue weighted by atomic mass is 35.5. The van der Waals surface area contributed by atoms with E-state index in [0.717, 1.165) is 10.6 Å². The first-order chi connectivity index (χ1) is 15.8. The summed E-state index contributed by atoms with van der Waals surface area (Å²) in [6.45, 7) is 4.84. The lowest BCUT2D eigenvalue weighted by Crippen LogP contribution is -2.52. The number of hydrogen-bond donors (Lipinski definition) is 1. The van der Waals surface area contributed by atoms with E-state index in [4.69, 9.17) is 34.8 Å². The molecule has 2 unspecified atom stereocenters. The summed E-state index contributed by atoms with van der Waals surface area (Å²) in [5, 5.41) is 3.94. The maximum absolute atomic E-state index is 13.5. The smallest absolute Gasteiger partial charge is 0.244 e. The molecule has 0 saturated carbocycles. The molecule has 11 heteroatoms. The highest BCUT2D eigenvalue weighted by Crippen LogP contribution is 2.25. The first-order valence-electron chi connectivity index (χ1n) is 10.6. The summed E-state index contributed by atoms with van der Waals surface area (Å²) in [4.78, 5) is 27.7. The van der Waals surface area contributed by atoms with Gasteiger partial charge < -0.3 is 10.2 Å². The zero-order chi connectivity index (χ0) is 25.6. The average Bonchev–Trinajstić information content (AvgIpc) is 2.75. The molecule has 34 heavy (non-hydrogen) atoms. The monoisotopic (exact) mass is 547 g/mol. The van der Waals surface area contributed by atoms with E-state index in [1.807, 2.05) is 13.8 Å². The number of benzene rings is 2. The standard InChI is InChI=1S/C23H28Cl3N3O4S/c1-5-15(2)27-23(31)16(3)28(13-17-9-10-19(25)12-21(17)26)22(30)14-29(34(4,32)33)20-8-6-7-18(24)11-20/h6-12,15-16H,5,13-14H2,1-4H3,(H,27,31). The molecule has 2 atom stereocenters. The van der Waals surface area contributed by atoms with Crippen molar-refractivity contribution in [3.05, 3.63) is 63.1 Å². The van der Waals surface area contributed by atoms with Crippen LogP contribution < -0.4 is 9.62 Å². The Bertz CT molecular complexity index is 1140. The fourth-order valence-corrected chi connectivity index (χ4v) is 4.62. The molecule has 2 aromatic carbocycles. The summed E-state index contributed by atoms with van der Waals surface area (Å²) >= 11 is 18.3. The minimum Gasteiger partial charge on any atom is -0.352 e. The Labute approximate surface area is 216 Å². The highest BCUT2D eigenvalue weighted by Gasteiger charge is 2.31. The average molecular weight is 549 g/mol. The molecular formula is C23H28Cl3N3O4S. The Morgan fingerprint density at radius 2 is 1.68 bits per heavy atom. The third-order valence-corrected chi connectivity index (χ3v) is 7.26. The number of nitrogens with zero attached hydrogens (tertiary/aromatic N) is 2. The summed E-state index contributed by atoms with van der Waals surface area (Å²) in [7, 11) is -3.84. The van der Waals surface area contributed by atoms with E-state index < -0.39 is 28.5 Å². The molecule has 1 N–H and O–H groups in total. The number of sulfonamides is 1. The molecule has 0 aliphatic rings. The van der Waals surface area contributed by atoms with Gasteiger partial charge in [0.2, 0.25) is 21.8 Å². The molecular weight excluding hydrogens is 521 g/mol. The number of halogens is 3. The van der Waals surface area contributed by atoms with Crippen molar-refractivity contribution in [1.82, 2.24) is 10.2 Å². The van der Waals surface area contributed by atoms with Gasteiger partial charge in [-0.15, -0.1) is 0 Å². The van der Waals surface area contributed by atoms with Gasteiger partial charge in [0.15, 0.2) is 0 Å². The number of hydrogen-bond acceptors (Lipinski definition) is 4. The van der Waals surface area contributed by atoms with E-state index in [1.54, 1.807) is 43.3 Å². The molecule has 0 heterocycles. The fourth-order valence-electron chi connectivity index (χ4n) is 3.13. The molecule has 0 aromatic heterocycles. The van der Waals surface area contributed by atoms with Crippen LogP contribution in [0.5, 0.6) is 0 Å². The number of anilines is 1. The molecule has 2 amide bonds. The topological polar surface area (TPSA) is 86.8 Å². The SMILES string of the molecule is CCC(C)NC(=O)C(C)N(Cc1ccc(Cl)cc1Cl)C(=O)CN(c1cccc(Cl)c1)S(C)(=O)=O. The first kappa shape index (κ1) is 28.2. The van der Waals surface area contributed by atoms with Crippen LogP contribution in [0.25, 0.3) is 0 Å². The maximum atomic E-state index is 13.5. The molecule has 0 saturated heterocycles. The lowest BCUT2D eigenvalue weighted by Gasteiger charge is -2.32. The molecule has 0 aliphatic heterocycles. The van der Waals surface area contributed by atoms with E-state index in [2.05, 4.69) is 5.32 Å². The van der Waals surface area contributed by atoms with Crippen LogP contribution in [0.15, 0.2) is 42.5 Å². The van der Waals surface area contributed by atoms with E-state index in [0.29, 0.717) is 27.1 Å². The van der Waals surface area contributed by atoms with E-state index >= 15 is 0 Å². The molecule has 0 bridgehead atoms. The Balaban J connectivity index is 2.42. The van der Waals surface area contributed by atoms with Crippen LogP contribution in [-0.4, -0.2) is 50.0 Å². The largest absolute Gasteiger partial charge is 0.352 e. The van der Waals surface area contributed by atoms with Crippen molar-refractivity contribution in [3.8, 4) is 0 Å². The Hall–Kier alpha value is -2.00. The van der Waals surface area contributed by atoms with Gasteiger partial charge in [0.05, 0.1) is 11.9 Å². The lowest BCUT2D eigenvalue weighted by molar-refractivity contribution is -0.139. The Morgan fingerprint density at radius 1 is 1.03 bits per heavy atom. The summed E-state index contributed by atoms with van der Waals surface area (Å²) in [6.07, 6.45) is 1.71. The molecule has 2 aromatic rings. The van der Waals surface area contributed by atoms with Crippen molar-refractivity contribution in [2.75, 3.05) is 17.1 Å². The zero-order valence-corrected chi connectivity index (χ0v) is 22.5. The van der Waals surface area contributed by atoms with Crippen molar-refractivity contribution in [2.24, 2.45) is 0 Å². The zero-order valence-electron chi connectivity index (χ0n) is 19.4. The number of amides is 2. The first-order valence-corrected chi connectivity index (χ1v) is 13.6. The van der Waals surface area contributed by atoms with Crippen LogP contribution in [0.4, 0.5) is 5.69 Å². The van der Waals surface area contributed by atoms with Gasteiger partial charge in [-0.05, 0) is 56.2 Å². The number of carbonyl (C=O) groups excluding carboxylic acids is 2. The summed E-state index contributed by atoms with van der Waals surface area (Å²) in [5.41, 5.74) is 0.806. The second-order valence-electron chi connectivity index (χ2n) is 8.00. The maximum Gasteiger partial charge on any atom is 0.244 e. The third-order valence-electron chi connectivity index (χ3n) is 5.30. The molecule has 0 spiro atoms. The summed E-state index contributed by atoms with van der Waals surface area (Å²) in [5.74, 6) is -0.940. The highest BCUT2D eigenvalue weighted by molar-refractivity contribution is 7.92. The molecule has 2 rings (SSSR count). The van der Waals surface area contributed by atoms with Gasteiger partial charge in [-0.2, -0.15) is 0 Å². The van der Waals surface area contributed by atoms with Crippen molar-refractivity contribution in [3.63, 3.8) is 0 Å². The van der Waals surface area contributed by atoms with Gasteiger partial charge in [-0.1, -0.05) is 53.9 Å². The van der Waals surface area contributed by atoms with Crippen LogP contribution in [0.1, 0.15) is 32.8 Å². The second-order valence-corrected chi connectivity index (χ2v) is 11.2. The Morgan fingerprint density at radius 3 is 2.24 bits per heavy atom. The molecule has 7 nitrogen and oxygen atoms in total. The van der Waals surface area contributed by atoms with Crippen molar-refractivity contribution < 1.29 is 18.0 Å². The van der Waals surface area contributed by atoms with Gasteiger partial charge in [-0.25, -0.2) is 8.42 Å². The quantitative estimate of drug-likeness (QED) is 0.464. The van der Waals surface area contributed by atoms with Crippen LogP contribution in [0.3, 0.4) is 0 Å². The predicted molar refractivity (Wildman–Crippen MR) is 138 cm³/mol. The molecule has 0 radical (unpaired) electrons. The summed E-state index contributed by atoms with van der Waals surface area (Å²) in [6, 6.07) is 10.0. The van der Waals surface area contributed by atoms with Gasteiger partial charge >= 0.3 is 0 Å². The van der Waals surface area contributed by atoms with Crippen molar-refractivity contribution in [1.29, 1.82) is 0 Å². The second kappa shape index (κ2) is 12.1. The molecule has 0 aliphatic carbocycles. The predicted octanol–water partition coefficient (Wildman–Crippen LogP) is 4.74. The van der Waals surface area contributed by atoms with Gasteiger partial charge in [0, 0.05) is 27.7 Å². The normalized spacial score (nSPS) is 13.1. The number of rotatable bonds is 10. The Kier molecular flexibility index (Phi) is 10.1. The van der Waals surface area contributed by atoms with E-state index in [-0.39, 0.29) is 24.2 Å². The van der Waals surface area contributed by atoms with Gasteiger partial charge in [0.1, 0.15) is 12.6 Å². The number of carbonyl (C=O) groups is 2. The van der Waals surface area contributed by atoms with Gasteiger partial charge in [-0.3, -0.25) is 13.9 Å². The van der Waals surface area contributed by atoms with Crippen LogP contribution in [-0.2, 0) is 26.2 Å². The van der Waals surface area contributed by atoms with E-state index in [9.17, 15) is 18.0 Å². The van der Waals surface area contributed by atoms with Crippen LogP contribution >= 0.6 is 34.8 Å². The van der Waals surface area contributed by atoms with Crippen LogP contribution in [0, 0.1) is 0 Å². The number of nitrogens with one attached hydrogen (secondary N) is 1. The summed E-state index contributed by atoms with van der Waals surface area (Å²) < 4.78 is 26.0. The van der Waals surface area contributed by atoms with E-state index in [1.165, 1.54) is 11.0 Å². The minimum absolute atomic E-state index is 0.0168.